The first-order chi connectivity index (χ1) is 13.1. The lowest BCUT2D eigenvalue weighted by molar-refractivity contribution is 1.35. The van der Waals surface area contributed by atoms with Gasteiger partial charge in [0, 0.05) is 20.9 Å². The minimum atomic E-state index is -1.11. The number of halogens is 1. The molecule has 0 bridgehead atoms. The fourth-order valence-corrected chi connectivity index (χ4v) is 6.76. The Kier molecular flexibility index (Phi) is 3.75. The zero-order valence-corrected chi connectivity index (χ0v) is 16.9. The minimum absolute atomic E-state index is 0.733. The quantitative estimate of drug-likeness (QED) is 0.370. The summed E-state index contributed by atoms with van der Waals surface area (Å²) >= 11 is 6.34. The molecule has 3 heteroatoms. The second kappa shape index (κ2) is 6.05. The number of rotatable bonds is 2. The van der Waals surface area contributed by atoms with Gasteiger partial charge in [0.15, 0.2) is 0 Å². The van der Waals surface area contributed by atoms with Gasteiger partial charge in [-0.15, -0.1) is 0 Å². The normalized spacial score (nSPS) is 15.2. The van der Waals surface area contributed by atoms with Gasteiger partial charge < -0.3 is 5.32 Å². The average Bonchev–Trinajstić information content (AvgIpc) is 2.68. The monoisotopic (exact) mass is 389 g/mol. The predicted octanol–water partition coefficient (Wildman–Crippen LogP) is 7.70. The number of fused-ring (bicyclic) bond motifs is 2. The van der Waals surface area contributed by atoms with E-state index in [0.717, 1.165) is 16.4 Å². The van der Waals surface area contributed by atoms with Crippen LogP contribution in [0.25, 0.3) is 21.9 Å². The number of anilines is 2. The summed E-state index contributed by atoms with van der Waals surface area (Å²) in [5, 5.41) is 6.97. The Morgan fingerprint density at radius 3 is 2.33 bits per heavy atom. The summed E-state index contributed by atoms with van der Waals surface area (Å²) in [4.78, 5) is 2.89. The maximum Gasteiger partial charge on any atom is 0.0640 e. The summed E-state index contributed by atoms with van der Waals surface area (Å²) in [5.74, 6) is 0. The Bertz CT molecular complexity index is 1190. The van der Waals surface area contributed by atoms with Crippen LogP contribution in [0.2, 0.25) is 5.02 Å². The molecule has 27 heavy (non-hydrogen) atoms. The van der Waals surface area contributed by atoms with Crippen molar-refractivity contribution in [1.82, 2.24) is 0 Å². The van der Waals surface area contributed by atoms with Crippen molar-refractivity contribution in [1.29, 1.82) is 0 Å². The molecule has 1 nitrogen and oxygen atoms in total. The fourth-order valence-electron chi connectivity index (χ4n) is 4.04. The maximum absolute atomic E-state index is 6.34. The molecule has 0 saturated heterocycles. The van der Waals surface area contributed by atoms with E-state index in [4.69, 9.17) is 11.6 Å². The van der Waals surface area contributed by atoms with Crippen molar-refractivity contribution in [2.75, 3.05) is 17.8 Å². The first kappa shape index (κ1) is 16.7. The molecule has 0 saturated carbocycles. The van der Waals surface area contributed by atoms with Crippen LogP contribution in [-0.2, 0) is 0 Å². The van der Waals surface area contributed by atoms with Crippen LogP contribution >= 0.6 is 21.6 Å². The number of hydrogen-bond donors (Lipinski definition) is 1. The molecule has 0 amide bonds. The third-order valence-corrected chi connectivity index (χ3v) is 8.60. The Hall–Kier alpha value is -2.42. The predicted molar refractivity (Wildman–Crippen MR) is 120 cm³/mol. The second-order valence-corrected chi connectivity index (χ2v) is 11.2. The molecule has 0 aliphatic carbocycles. The topological polar surface area (TPSA) is 12.0 Å². The van der Waals surface area contributed by atoms with E-state index in [1.807, 2.05) is 24.3 Å². The Morgan fingerprint density at radius 1 is 0.741 bits per heavy atom. The van der Waals surface area contributed by atoms with E-state index < -0.39 is 10.0 Å². The number of para-hydroxylation sites is 1. The van der Waals surface area contributed by atoms with E-state index in [0.29, 0.717) is 0 Å². The maximum atomic E-state index is 6.34. The van der Waals surface area contributed by atoms with E-state index in [1.54, 1.807) is 0 Å². The van der Waals surface area contributed by atoms with Gasteiger partial charge in [-0.1, -0.05) is 60.1 Å². The highest BCUT2D eigenvalue weighted by atomic mass is 35.5. The van der Waals surface area contributed by atoms with Crippen molar-refractivity contribution in [2.45, 2.75) is 9.79 Å². The van der Waals surface area contributed by atoms with Gasteiger partial charge in [-0.2, -0.15) is 10.0 Å². The van der Waals surface area contributed by atoms with Gasteiger partial charge in [0.25, 0.3) is 0 Å². The van der Waals surface area contributed by atoms with Crippen molar-refractivity contribution in [3.63, 3.8) is 0 Å². The lowest BCUT2D eigenvalue weighted by Crippen LogP contribution is -2.07. The van der Waals surface area contributed by atoms with Gasteiger partial charge >= 0.3 is 0 Å². The smallest absolute Gasteiger partial charge is 0.0640 e. The van der Waals surface area contributed by atoms with Crippen LogP contribution < -0.4 is 5.32 Å². The highest BCUT2D eigenvalue weighted by Crippen LogP contribution is 2.65. The molecule has 4 aromatic rings. The summed E-state index contributed by atoms with van der Waals surface area (Å²) in [6, 6.07) is 27.9. The molecular formula is C24H20ClNS. The first-order valence-electron chi connectivity index (χ1n) is 8.97. The van der Waals surface area contributed by atoms with Crippen molar-refractivity contribution < 1.29 is 0 Å². The Labute approximate surface area is 166 Å². The molecule has 1 aliphatic heterocycles. The summed E-state index contributed by atoms with van der Waals surface area (Å²) < 4.78 is 0. The second-order valence-electron chi connectivity index (χ2n) is 7.30. The van der Waals surface area contributed by atoms with Crippen LogP contribution in [-0.4, -0.2) is 12.5 Å². The van der Waals surface area contributed by atoms with Crippen molar-refractivity contribution in [3.8, 4) is 11.1 Å². The molecule has 0 atom stereocenters. The van der Waals surface area contributed by atoms with E-state index in [-0.39, 0.29) is 0 Å². The van der Waals surface area contributed by atoms with Crippen molar-refractivity contribution in [3.05, 3.63) is 83.9 Å². The summed E-state index contributed by atoms with van der Waals surface area (Å²) in [6.07, 6.45) is 4.80. The van der Waals surface area contributed by atoms with Gasteiger partial charge in [-0.3, -0.25) is 0 Å². The zero-order valence-electron chi connectivity index (χ0n) is 15.3. The van der Waals surface area contributed by atoms with E-state index in [2.05, 4.69) is 72.4 Å². The zero-order chi connectivity index (χ0) is 18.6. The van der Waals surface area contributed by atoms with Gasteiger partial charge in [0.1, 0.15) is 0 Å². The molecule has 0 aromatic heterocycles. The minimum Gasteiger partial charge on any atom is -0.354 e. The van der Waals surface area contributed by atoms with Crippen LogP contribution in [0.4, 0.5) is 11.4 Å². The molecule has 1 aliphatic rings. The number of benzene rings is 4. The fraction of sp³-hybridized carbons (Fsp3) is 0.0833. The van der Waals surface area contributed by atoms with Crippen molar-refractivity contribution in [2.24, 2.45) is 0 Å². The average molecular weight is 390 g/mol. The SMILES string of the molecule is CS1(C)c2cc(Nc3ccccc3Cl)ccc2-c2cccc3cccc1c23. The molecule has 134 valence electrons. The van der Waals surface area contributed by atoms with Gasteiger partial charge in [0.05, 0.1) is 10.7 Å². The first-order valence-corrected chi connectivity index (χ1v) is 11.8. The Morgan fingerprint density at radius 2 is 1.52 bits per heavy atom. The third kappa shape index (κ3) is 2.55. The largest absolute Gasteiger partial charge is 0.354 e. The van der Waals surface area contributed by atoms with Crippen LogP contribution in [0, 0.1) is 0 Å². The molecule has 5 rings (SSSR count). The summed E-state index contributed by atoms with van der Waals surface area (Å²) in [6.45, 7) is 0. The molecule has 0 radical (unpaired) electrons. The van der Waals surface area contributed by atoms with Gasteiger partial charge in [-0.05, 0) is 59.4 Å². The highest BCUT2D eigenvalue weighted by Gasteiger charge is 2.29. The Balaban J connectivity index is 1.71. The van der Waals surface area contributed by atoms with Crippen LogP contribution in [0.3, 0.4) is 0 Å². The molecule has 1 heterocycles. The van der Waals surface area contributed by atoms with Crippen LogP contribution in [0.1, 0.15) is 0 Å². The van der Waals surface area contributed by atoms with Gasteiger partial charge in [0.2, 0.25) is 0 Å². The summed E-state index contributed by atoms with van der Waals surface area (Å²) in [5.41, 5.74) is 4.71. The molecule has 4 aromatic carbocycles. The number of hydrogen-bond acceptors (Lipinski definition) is 1. The molecule has 0 fully saturated rings. The molecule has 0 spiro atoms. The lowest BCUT2D eigenvalue weighted by atomic mass is 9.97. The molecule has 0 unspecified atom stereocenters. The number of nitrogens with one attached hydrogen (secondary N) is 1. The third-order valence-electron chi connectivity index (χ3n) is 5.39. The van der Waals surface area contributed by atoms with E-state index >= 15 is 0 Å². The van der Waals surface area contributed by atoms with Crippen LogP contribution in [0.15, 0.2) is 88.7 Å². The van der Waals surface area contributed by atoms with E-state index in [9.17, 15) is 0 Å². The molecule has 1 N–H and O–H groups in total. The summed E-state index contributed by atoms with van der Waals surface area (Å²) in [7, 11) is -1.11. The lowest BCUT2D eigenvalue weighted by Gasteiger charge is -2.39. The van der Waals surface area contributed by atoms with Gasteiger partial charge in [-0.25, -0.2) is 0 Å². The van der Waals surface area contributed by atoms with Crippen molar-refractivity contribution >= 4 is 43.8 Å². The molecular weight excluding hydrogens is 370 g/mol. The standard InChI is InChI=1S/C24H20ClNS/c1-27(2)22-12-6-8-16-7-5-9-19(24(16)22)18-14-13-17(15-23(18)27)26-21-11-4-3-10-20(21)25/h3-15,26H,1-2H3. The van der Waals surface area contributed by atoms with Crippen LogP contribution in [0.5, 0.6) is 0 Å². The highest BCUT2D eigenvalue weighted by molar-refractivity contribution is 8.33. The van der Waals surface area contributed by atoms with E-state index in [1.165, 1.54) is 31.7 Å².